The van der Waals surface area contributed by atoms with Crippen LogP contribution in [0.25, 0.3) is 0 Å². The van der Waals surface area contributed by atoms with Crippen LogP contribution in [0.1, 0.15) is 32.9 Å². The van der Waals surface area contributed by atoms with Gasteiger partial charge in [-0.1, -0.05) is 36.4 Å². The van der Waals surface area contributed by atoms with Crippen LogP contribution in [0, 0.1) is 0 Å². The van der Waals surface area contributed by atoms with Gasteiger partial charge in [0.2, 0.25) is 0 Å². The summed E-state index contributed by atoms with van der Waals surface area (Å²) in [7, 11) is 0. The number of piperidine rings is 1. The van der Waals surface area contributed by atoms with Gasteiger partial charge in [0.05, 0.1) is 16.1 Å². The van der Waals surface area contributed by atoms with E-state index < -0.39 is 0 Å². The zero-order chi connectivity index (χ0) is 22.3. The summed E-state index contributed by atoms with van der Waals surface area (Å²) in [5, 5.41) is 10.6. The molecule has 2 heterocycles. The fourth-order valence-corrected chi connectivity index (χ4v) is 4.21. The number of likely N-dealkylation sites (tertiary alicyclic amines) is 1. The third-order valence-corrected chi connectivity index (χ3v) is 6.18. The summed E-state index contributed by atoms with van der Waals surface area (Å²) in [6, 6.07) is 19.7. The van der Waals surface area contributed by atoms with E-state index >= 15 is 0 Å². The Morgan fingerprint density at radius 2 is 1.53 bits per heavy atom. The predicted octanol–water partition coefficient (Wildman–Crippen LogP) is 4.43. The summed E-state index contributed by atoms with van der Waals surface area (Å²) in [6.45, 7) is 1.11. The molecule has 1 aromatic heterocycles. The van der Waals surface area contributed by atoms with Gasteiger partial charge in [-0.2, -0.15) is 0 Å². The molecule has 0 radical (unpaired) electrons. The van der Waals surface area contributed by atoms with Gasteiger partial charge in [0, 0.05) is 24.8 Å². The Morgan fingerprint density at radius 3 is 2.25 bits per heavy atom. The van der Waals surface area contributed by atoms with E-state index in [-0.39, 0.29) is 23.9 Å². The number of benzene rings is 2. The molecule has 0 unspecified atom stereocenters. The minimum absolute atomic E-state index is 0.0377. The lowest BCUT2D eigenvalue weighted by Crippen LogP contribution is -2.47. The molecule has 4 rings (SSSR count). The van der Waals surface area contributed by atoms with E-state index in [0.717, 1.165) is 5.69 Å². The van der Waals surface area contributed by atoms with E-state index in [4.69, 9.17) is 0 Å². The van der Waals surface area contributed by atoms with Crippen molar-refractivity contribution < 1.29 is 14.4 Å². The number of thiophene rings is 1. The molecule has 4 amide bonds. The van der Waals surface area contributed by atoms with E-state index in [1.54, 1.807) is 35.2 Å². The van der Waals surface area contributed by atoms with E-state index in [2.05, 4.69) is 16.0 Å². The van der Waals surface area contributed by atoms with E-state index in [0.29, 0.717) is 42.1 Å². The number of carbonyl (C=O) groups excluding carboxylic acids is 3. The fraction of sp³-hybridized carbons (Fsp3) is 0.208. The van der Waals surface area contributed by atoms with E-state index in [9.17, 15) is 14.4 Å². The molecule has 1 aliphatic rings. The topological polar surface area (TPSA) is 90.5 Å². The number of hydrogen-bond donors (Lipinski definition) is 3. The van der Waals surface area contributed by atoms with Gasteiger partial charge in [-0.05, 0) is 48.6 Å². The van der Waals surface area contributed by atoms with Gasteiger partial charge in [-0.3, -0.25) is 9.59 Å². The number of carbonyl (C=O) groups is 3. The van der Waals surface area contributed by atoms with Gasteiger partial charge in [0.1, 0.15) is 0 Å². The quantitative estimate of drug-likeness (QED) is 0.539. The number of anilines is 2. The minimum Gasteiger partial charge on any atom is -0.349 e. The lowest BCUT2D eigenvalue weighted by atomic mass is 10.0. The third-order valence-electron chi connectivity index (χ3n) is 5.31. The second-order valence-corrected chi connectivity index (χ2v) is 8.46. The van der Waals surface area contributed by atoms with Crippen molar-refractivity contribution in [2.24, 2.45) is 0 Å². The van der Waals surface area contributed by atoms with Crippen LogP contribution in [0.4, 0.5) is 16.2 Å². The van der Waals surface area contributed by atoms with E-state index in [1.165, 1.54) is 11.3 Å². The molecule has 8 heteroatoms. The maximum Gasteiger partial charge on any atom is 0.321 e. The molecule has 1 saturated heterocycles. The second kappa shape index (κ2) is 10.1. The van der Waals surface area contributed by atoms with Crippen molar-refractivity contribution in [2.45, 2.75) is 18.9 Å². The first-order chi connectivity index (χ1) is 15.6. The first-order valence-electron chi connectivity index (χ1n) is 10.5. The summed E-state index contributed by atoms with van der Waals surface area (Å²) in [6.07, 6.45) is 1.33. The van der Waals surface area contributed by atoms with Crippen LogP contribution in [-0.2, 0) is 0 Å². The number of amides is 4. The molecule has 7 nitrogen and oxygen atoms in total. The molecule has 0 atom stereocenters. The monoisotopic (exact) mass is 448 g/mol. The fourth-order valence-electron chi connectivity index (χ4n) is 3.60. The Balaban J connectivity index is 1.31. The molecule has 1 aliphatic heterocycles. The summed E-state index contributed by atoms with van der Waals surface area (Å²) in [5.41, 5.74) is 1.65. The van der Waals surface area contributed by atoms with Crippen molar-refractivity contribution >= 4 is 40.6 Å². The largest absolute Gasteiger partial charge is 0.349 e. The first kappa shape index (κ1) is 21.6. The normalized spacial score (nSPS) is 13.9. The maximum absolute atomic E-state index is 12.9. The van der Waals surface area contributed by atoms with Crippen LogP contribution in [-0.4, -0.2) is 41.9 Å². The summed E-state index contributed by atoms with van der Waals surface area (Å²) in [4.78, 5) is 40.1. The van der Waals surface area contributed by atoms with Gasteiger partial charge in [-0.25, -0.2) is 4.79 Å². The van der Waals surface area contributed by atoms with Crippen LogP contribution in [0.2, 0.25) is 0 Å². The van der Waals surface area contributed by atoms with Gasteiger partial charge >= 0.3 is 6.03 Å². The summed E-state index contributed by atoms with van der Waals surface area (Å²) >= 11 is 1.35. The maximum atomic E-state index is 12.9. The van der Waals surface area contributed by atoms with Crippen molar-refractivity contribution in [3.8, 4) is 0 Å². The molecule has 1 fully saturated rings. The molecule has 0 aliphatic carbocycles. The zero-order valence-electron chi connectivity index (χ0n) is 17.4. The Hall–Kier alpha value is -3.65. The first-order valence-corrected chi connectivity index (χ1v) is 11.3. The molecule has 164 valence electrons. The molecule has 32 heavy (non-hydrogen) atoms. The highest BCUT2D eigenvalue weighted by Crippen LogP contribution is 2.19. The number of nitrogens with zero attached hydrogens (tertiary/aromatic N) is 1. The Bertz CT molecular complexity index is 1080. The van der Waals surface area contributed by atoms with E-state index in [1.807, 2.05) is 41.8 Å². The smallest absolute Gasteiger partial charge is 0.321 e. The third kappa shape index (κ3) is 5.33. The molecular formula is C24H24N4O3S. The molecule has 0 spiro atoms. The lowest BCUT2D eigenvalue weighted by Gasteiger charge is -2.32. The highest BCUT2D eigenvalue weighted by atomic mass is 32.1. The van der Waals surface area contributed by atoms with Crippen molar-refractivity contribution in [3.63, 3.8) is 0 Å². The van der Waals surface area contributed by atoms with Crippen LogP contribution < -0.4 is 16.0 Å². The molecule has 0 saturated carbocycles. The average Bonchev–Trinajstić information content (AvgIpc) is 3.36. The van der Waals surface area contributed by atoms with Crippen LogP contribution in [0.5, 0.6) is 0 Å². The summed E-state index contributed by atoms with van der Waals surface area (Å²) < 4.78 is 0. The van der Waals surface area contributed by atoms with Gasteiger partial charge in [0.15, 0.2) is 0 Å². The highest BCUT2D eigenvalue weighted by molar-refractivity contribution is 7.12. The number of para-hydroxylation sites is 2. The molecule has 3 aromatic rings. The van der Waals surface area contributed by atoms with Crippen molar-refractivity contribution in [2.75, 3.05) is 23.7 Å². The van der Waals surface area contributed by atoms with Gasteiger partial charge in [-0.15, -0.1) is 11.3 Å². The van der Waals surface area contributed by atoms with Crippen molar-refractivity contribution in [3.05, 3.63) is 82.6 Å². The Labute approximate surface area is 190 Å². The van der Waals surface area contributed by atoms with Gasteiger partial charge < -0.3 is 20.9 Å². The molecular weight excluding hydrogens is 424 g/mol. The van der Waals surface area contributed by atoms with Crippen LogP contribution in [0.3, 0.4) is 0 Å². The summed E-state index contributed by atoms with van der Waals surface area (Å²) in [5.74, 6) is -0.475. The van der Waals surface area contributed by atoms with Crippen LogP contribution in [0.15, 0.2) is 72.1 Å². The number of urea groups is 1. The molecule has 0 bridgehead atoms. The number of nitrogens with one attached hydrogen (secondary N) is 3. The number of hydrogen-bond acceptors (Lipinski definition) is 4. The number of rotatable bonds is 5. The minimum atomic E-state index is -0.238. The molecule has 2 aromatic carbocycles. The van der Waals surface area contributed by atoms with Gasteiger partial charge in [0.25, 0.3) is 11.8 Å². The highest BCUT2D eigenvalue weighted by Gasteiger charge is 2.25. The standard InChI is InChI=1S/C24H24N4O3S/c29-22(19-9-4-5-10-20(19)27-23(30)21-11-6-16-32-21)25-18-12-14-28(15-13-18)24(31)26-17-7-2-1-3-8-17/h1-11,16,18H,12-15H2,(H,25,29)(H,26,31)(H,27,30). The zero-order valence-corrected chi connectivity index (χ0v) is 18.2. The Kier molecular flexibility index (Phi) is 6.81. The predicted molar refractivity (Wildman–Crippen MR) is 126 cm³/mol. The SMILES string of the molecule is O=C(Nc1ccccc1C(=O)NC1CCN(C(=O)Nc2ccccc2)CC1)c1cccs1. The Morgan fingerprint density at radius 1 is 0.812 bits per heavy atom. The molecule has 3 N–H and O–H groups in total. The van der Waals surface area contributed by atoms with Crippen LogP contribution >= 0.6 is 11.3 Å². The average molecular weight is 449 g/mol. The van der Waals surface area contributed by atoms with Crippen molar-refractivity contribution in [1.29, 1.82) is 0 Å². The lowest BCUT2D eigenvalue weighted by molar-refractivity contribution is 0.0920. The second-order valence-electron chi connectivity index (χ2n) is 7.51. The van der Waals surface area contributed by atoms with Crippen molar-refractivity contribution in [1.82, 2.24) is 10.2 Å².